The number of nitrogens with two attached hydrogens (primary N) is 1. The zero-order valence-corrected chi connectivity index (χ0v) is 10.2. The van der Waals surface area contributed by atoms with E-state index in [1.165, 1.54) is 0 Å². The lowest BCUT2D eigenvalue weighted by molar-refractivity contribution is -0.0512. The van der Waals surface area contributed by atoms with Crippen LogP contribution in [0.15, 0.2) is 12.1 Å². The molecule has 1 aromatic carbocycles. The molecule has 1 aliphatic carbocycles. The van der Waals surface area contributed by atoms with E-state index >= 15 is 0 Å². The predicted octanol–water partition coefficient (Wildman–Crippen LogP) is 3.08. The number of hydrogen-bond donors (Lipinski definition) is 2. The van der Waals surface area contributed by atoms with E-state index in [2.05, 4.69) is 0 Å². The molecular weight excluding hydrogens is 262 g/mol. The minimum Gasteiger partial charge on any atom is -0.505 e. The van der Waals surface area contributed by atoms with Gasteiger partial charge < -0.3 is 10.8 Å². The van der Waals surface area contributed by atoms with Gasteiger partial charge in [0, 0.05) is 36.4 Å². The summed E-state index contributed by atoms with van der Waals surface area (Å²) in [6, 6.07) is 1.54. The summed E-state index contributed by atoms with van der Waals surface area (Å²) in [4.78, 5) is 0. The Bertz CT molecular complexity index is 480. The minimum atomic E-state index is -2.78. The number of phenolic OH excluding ortho intramolecular Hbond substituents is 1. The predicted molar refractivity (Wildman–Crippen MR) is 62.2 cm³/mol. The van der Waals surface area contributed by atoms with E-state index in [9.17, 15) is 22.7 Å². The number of rotatable bonds is 2. The summed E-state index contributed by atoms with van der Waals surface area (Å²) in [5.41, 5.74) is 4.62. The topological polar surface area (TPSA) is 46.2 Å². The Kier molecular flexibility index (Phi) is 3.47. The fraction of sp³-hybridized carbons (Fsp3) is 0.538. The zero-order chi connectivity index (χ0) is 14.3. The zero-order valence-electron chi connectivity index (χ0n) is 10.2. The molecule has 0 heterocycles. The Hall–Kier alpha value is -1.30. The molecule has 2 nitrogen and oxygen atoms in total. The molecule has 1 aromatic rings. The molecule has 0 aliphatic heterocycles. The third-order valence-corrected chi connectivity index (χ3v) is 3.93. The lowest BCUT2D eigenvalue weighted by Gasteiger charge is -2.40. The van der Waals surface area contributed by atoms with Crippen molar-refractivity contribution in [3.8, 4) is 5.75 Å². The number of phenols is 1. The van der Waals surface area contributed by atoms with E-state index in [1.54, 1.807) is 0 Å². The van der Waals surface area contributed by atoms with Crippen LogP contribution in [0.2, 0.25) is 0 Å². The normalized spacial score (nSPS) is 21.3. The molecular formula is C13H15F4NO. The lowest BCUT2D eigenvalue weighted by atomic mass is 9.68. The summed E-state index contributed by atoms with van der Waals surface area (Å²) in [5, 5.41) is 9.72. The minimum absolute atomic E-state index is 0.00699. The van der Waals surface area contributed by atoms with Crippen molar-refractivity contribution in [1.29, 1.82) is 0 Å². The molecule has 0 atom stereocenters. The largest absolute Gasteiger partial charge is 0.505 e. The number of hydrogen-bond acceptors (Lipinski definition) is 2. The molecule has 1 aliphatic rings. The van der Waals surface area contributed by atoms with E-state index in [0.29, 0.717) is 6.07 Å². The highest BCUT2D eigenvalue weighted by Crippen LogP contribution is 2.47. The quantitative estimate of drug-likeness (QED) is 0.816. The second kappa shape index (κ2) is 4.67. The van der Waals surface area contributed by atoms with Crippen LogP contribution >= 0.6 is 0 Å². The number of aromatic hydroxyl groups is 1. The molecule has 0 spiro atoms. The van der Waals surface area contributed by atoms with Crippen molar-refractivity contribution < 1.29 is 22.7 Å². The Morgan fingerprint density at radius 2 is 1.68 bits per heavy atom. The summed E-state index contributed by atoms with van der Waals surface area (Å²) < 4.78 is 53.1. The Labute approximate surface area is 108 Å². The maximum absolute atomic E-state index is 13.4. The van der Waals surface area contributed by atoms with E-state index in [1.807, 2.05) is 0 Å². The highest BCUT2D eigenvalue weighted by molar-refractivity contribution is 5.41. The van der Waals surface area contributed by atoms with Crippen LogP contribution in [0.25, 0.3) is 0 Å². The summed E-state index contributed by atoms with van der Waals surface area (Å²) in [7, 11) is 0. The molecule has 1 saturated carbocycles. The fourth-order valence-corrected chi connectivity index (χ4v) is 2.65. The molecule has 0 unspecified atom stereocenters. The molecule has 2 rings (SSSR count). The van der Waals surface area contributed by atoms with Gasteiger partial charge in [-0.25, -0.2) is 17.6 Å². The molecule has 1 fully saturated rings. The first-order chi connectivity index (χ1) is 8.80. The van der Waals surface area contributed by atoms with Crippen molar-refractivity contribution in [2.45, 2.75) is 37.0 Å². The van der Waals surface area contributed by atoms with Crippen LogP contribution in [-0.4, -0.2) is 17.6 Å². The second-order valence-electron chi connectivity index (χ2n) is 5.12. The maximum Gasteiger partial charge on any atom is 0.248 e. The van der Waals surface area contributed by atoms with Gasteiger partial charge in [-0.1, -0.05) is 0 Å². The molecule has 6 heteroatoms. The van der Waals surface area contributed by atoms with Crippen LogP contribution < -0.4 is 5.73 Å². The standard InChI is InChI=1S/C13H15F4NO/c14-8-5-9(11(19)10(15)6-8)12(7-18)1-3-13(16,17)4-2-12/h5-6,19H,1-4,7,18H2. The van der Waals surface area contributed by atoms with Crippen molar-refractivity contribution in [3.63, 3.8) is 0 Å². The fourth-order valence-electron chi connectivity index (χ4n) is 2.65. The molecule has 0 amide bonds. The van der Waals surface area contributed by atoms with E-state index in [-0.39, 0.29) is 24.9 Å². The highest BCUT2D eigenvalue weighted by atomic mass is 19.3. The first kappa shape index (κ1) is 14.1. The second-order valence-corrected chi connectivity index (χ2v) is 5.12. The molecule has 106 valence electrons. The molecule has 3 N–H and O–H groups in total. The monoisotopic (exact) mass is 277 g/mol. The number of alkyl halides is 2. The van der Waals surface area contributed by atoms with Gasteiger partial charge in [0.05, 0.1) is 0 Å². The molecule has 0 bridgehead atoms. The van der Waals surface area contributed by atoms with Gasteiger partial charge in [-0.3, -0.25) is 0 Å². The average Bonchev–Trinajstić information content (AvgIpc) is 2.35. The van der Waals surface area contributed by atoms with Gasteiger partial charge in [0.15, 0.2) is 11.6 Å². The Morgan fingerprint density at radius 3 is 2.21 bits per heavy atom. The van der Waals surface area contributed by atoms with Crippen LogP contribution in [0.4, 0.5) is 17.6 Å². The van der Waals surface area contributed by atoms with Crippen LogP contribution in [0.3, 0.4) is 0 Å². The van der Waals surface area contributed by atoms with E-state index < -0.39 is 41.6 Å². The third-order valence-electron chi connectivity index (χ3n) is 3.93. The van der Waals surface area contributed by atoms with Crippen LogP contribution in [-0.2, 0) is 5.41 Å². The molecule has 0 radical (unpaired) electrons. The average molecular weight is 277 g/mol. The van der Waals surface area contributed by atoms with Crippen LogP contribution in [0.5, 0.6) is 5.75 Å². The first-order valence-electron chi connectivity index (χ1n) is 6.06. The van der Waals surface area contributed by atoms with Crippen molar-refractivity contribution in [3.05, 3.63) is 29.3 Å². The SMILES string of the molecule is NCC1(c2cc(F)cc(F)c2O)CCC(F)(F)CC1. The summed E-state index contributed by atoms with van der Waals surface area (Å²) in [6.07, 6.45) is -0.816. The van der Waals surface area contributed by atoms with Gasteiger partial charge in [0.25, 0.3) is 0 Å². The van der Waals surface area contributed by atoms with Gasteiger partial charge in [0.2, 0.25) is 5.92 Å². The first-order valence-corrected chi connectivity index (χ1v) is 6.06. The van der Waals surface area contributed by atoms with Crippen molar-refractivity contribution >= 4 is 0 Å². The van der Waals surface area contributed by atoms with Crippen molar-refractivity contribution in [2.24, 2.45) is 5.73 Å². The van der Waals surface area contributed by atoms with Gasteiger partial charge in [-0.05, 0) is 18.9 Å². The van der Waals surface area contributed by atoms with Gasteiger partial charge >= 0.3 is 0 Å². The Morgan fingerprint density at radius 1 is 1.11 bits per heavy atom. The van der Waals surface area contributed by atoms with Crippen LogP contribution in [0.1, 0.15) is 31.2 Å². The third kappa shape index (κ3) is 2.54. The Balaban J connectivity index is 2.43. The maximum atomic E-state index is 13.4. The van der Waals surface area contributed by atoms with Crippen molar-refractivity contribution in [2.75, 3.05) is 6.54 Å². The smallest absolute Gasteiger partial charge is 0.248 e. The summed E-state index contributed by atoms with van der Waals surface area (Å²) in [5.74, 6) is -5.42. The van der Waals surface area contributed by atoms with Gasteiger partial charge in [-0.15, -0.1) is 0 Å². The molecule has 0 saturated heterocycles. The molecule has 0 aromatic heterocycles. The van der Waals surface area contributed by atoms with Gasteiger partial charge in [-0.2, -0.15) is 0 Å². The highest BCUT2D eigenvalue weighted by Gasteiger charge is 2.45. The van der Waals surface area contributed by atoms with E-state index in [0.717, 1.165) is 6.07 Å². The van der Waals surface area contributed by atoms with Crippen LogP contribution in [0, 0.1) is 11.6 Å². The van der Waals surface area contributed by atoms with E-state index in [4.69, 9.17) is 5.73 Å². The summed E-state index contributed by atoms with van der Waals surface area (Å²) in [6.45, 7) is -0.0421. The lowest BCUT2D eigenvalue weighted by Crippen LogP contribution is -2.42. The van der Waals surface area contributed by atoms with Crippen molar-refractivity contribution in [1.82, 2.24) is 0 Å². The number of halogens is 4. The number of benzene rings is 1. The van der Waals surface area contributed by atoms with Gasteiger partial charge in [0.1, 0.15) is 5.82 Å². The molecule has 19 heavy (non-hydrogen) atoms. The summed E-state index contributed by atoms with van der Waals surface area (Å²) >= 11 is 0.